The Labute approximate surface area is 136 Å². The van der Waals surface area contributed by atoms with Gasteiger partial charge in [0.25, 0.3) is 0 Å². The number of carbonyl (C=O) groups is 1. The number of ether oxygens (including phenoxy) is 1. The average molecular weight is 314 g/mol. The van der Waals surface area contributed by atoms with E-state index >= 15 is 0 Å². The summed E-state index contributed by atoms with van der Waals surface area (Å²) in [7, 11) is 1.64. The van der Waals surface area contributed by atoms with Gasteiger partial charge in [0.15, 0.2) is 5.82 Å². The van der Waals surface area contributed by atoms with E-state index in [1.807, 2.05) is 45.0 Å². The van der Waals surface area contributed by atoms with Crippen LogP contribution in [0.3, 0.4) is 0 Å². The van der Waals surface area contributed by atoms with Gasteiger partial charge >= 0.3 is 0 Å². The number of nitrogens with one attached hydrogen (secondary N) is 2. The molecule has 23 heavy (non-hydrogen) atoms. The lowest BCUT2D eigenvalue weighted by atomic mass is 9.96. The first kappa shape index (κ1) is 16.7. The monoisotopic (exact) mass is 314 g/mol. The first-order chi connectivity index (χ1) is 10.9. The van der Waals surface area contributed by atoms with Gasteiger partial charge in [0, 0.05) is 17.5 Å². The van der Waals surface area contributed by atoms with Crippen LogP contribution in [-0.4, -0.2) is 23.2 Å². The highest BCUT2D eigenvalue weighted by atomic mass is 16.5. The molecule has 1 amide bonds. The number of rotatable bonds is 5. The molecule has 6 nitrogen and oxygen atoms in total. The Kier molecular flexibility index (Phi) is 5.16. The third-order valence-electron chi connectivity index (χ3n) is 3.24. The molecule has 0 radical (unpaired) electrons. The molecule has 0 bridgehead atoms. The number of hydrogen-bond acceptors (Lipinski definition) is 5. The molecule has 0 unspecified atom stereocenters. The number of aromatic nitrogens is 2. The van der Waals surface area contributed by atoms with E-state index in [9.17, 15) is 4.79 Å². The number of methoxy groups -OCH3 is 1. The molecule has 0 saturated heterocycles. The second kappa shape index (κ2) is 7.09. The Balaban J connectivity index is 1.96. The molecule has 0 saturated carbocycles. The van der Waals surface area contributed by atoms with Gasteiger partial charge in [-0.25, -0.2) is 0 Å². The third-order valence-corrected chi connectivity index (χ3v) is 3.24. The first-order valence-corrected chi connectivity index (χ1v) is 7.41. The summed E-state index contributed by atoms with van der Waals surface area (Å²) in [6, 6.07) is 11.3. The fourth-order valence-corrected chi connectivity index (χ4v) is 1.83. The van der Waals surface area contributed by atoms with Crippen LogP contribution < -0.4 is 15.4 Å². The van der Waals surface area contributed by atoms with E-state index in [1.165, 1.54) is 0 Å². The van der Waals surface area contributed by atoms with Crippen LogP contribution in [0.2, 0.25) is 0 Å². The molecular weight excluding hydrogens is 292 g/mol. The average Bonchev–Trinajstić information content (AvgIpc) is 2.53. The number of nitrogens with zero attached hydrogens (tertiary/aromatic N) is 2. The Hall–Kier alpha value is -2.63. The lowest BCUT2D eigenvalue weighted by Crippen LogP contribution is -2.28. The highest BCUT2D eigenvalue weighted by Gasteiger charge is 2.21. The maximum atomic E-state index is 11.9. The molecule has 1 aromatic heterocycles. The van der Waals surface area contributed by atoms with Crippen molar-refractivity contribution in [3.05, 3.63) is 42.0 Å². The zero-order valence-corrected chi connectivity index (χ0v) is 13.9. The van der Waals surface area contributed by atoms with Gasteiger partial charge in [-0.2, -0.15) is 0 Å². The molecule has 0 aliphatic carbocycles. The molecule has 122 valence electrons. The molecular formula is C17H22N4O2. The van der Waals surface area contributed by atoms with Crippen molar-refractivity contribution in [2.75, 3.05) is 17.7 Å². The Morgan fingerprint density at radius 3 is 2.35 bits per heavy atom. The minimum Gasteiger partial charge on any atom is -0.496 e. The molecule has 2 rings (SSSR count). The van der Waals surface area contributed by atoms with Crippen molar-refractivity contribution < 1.29 is 9.53 Å². The fraction of sp³-hybridized carbons (Fsp3) is 0.353. The SMILES string of the molecule is COc1ccccc1CNc1ccc(NC(=O)C(C)(C)C)nn1. The zero-order valence-electron chi connectivity index (χ0n) is 13.9. The second-order valence-corrected chi connectivity index (χ2v) is 6.17. The summed E-state index contributed by atoms with van der Waals surface area (Å²) in [5, 5.41) is 14.0. The standard InChI is InChI=1S/C17H22N4O2/c1-17(2,3)16(22)19-15-10-9-14(20-21-15)18-11-12-7-5-6-8-13(12)23-4/h5-10H,11H2,1-4H3,(H,18,20)(H,19,21,22). The van der Waals surface area contributed by atoms with Crippen LogP contribution in [0.1, 0.15) is 26.3 Å². The fourth-order valence-electron chi connectivity index (χ4n) is 1.83. The summed E-state index contributed by atoms with van der Waals surface area (Å²) in [5.74, 6) is 1.79. The minimum absolute atomic E-state index is 0.0958. The molecule has 0 aliphatic heterocycles. The van der Waals surface area contributed by atoms with Crippen LogP contribution in [-0.2, 0) is 11.3 Å². The lowest BCUT2D eigenvalue weighted by molar-refractivity contribution is -0.123. The number of carbonyl (C=O) groups excluding carboxylic acids is 1. The predicted molar refractivity (Wildman–Crippen MR) is 90.4 cm³/mol. The summed E-state index contributed by atoms with van der Waals surface area (Å²) in [5.41, 5.74) is 0.560. The van der Waals surface area contributed by atoms with Crippen LogP contribution >= 0.6 is 0 Å². The van der Waals surface area contributed by atoms with E-state index in [2.05, 4.69) is 20.8 Å². The Bertz CT molecular complexity index is 663. The van der Waals surface area contributed by atoms with Crippen molar-refractivity contribution in [2.24, 2.45) is 5.41 Å². The molecule has 2 N–H and O–H groups in total. The van der Waals surface area contributed by atoms with Crippen LogP contribution in [0.5, 0.6) is 5.75 Å². The van der Waals surface area contributed by atoms with Gasteiger partial charge < -0.3 is 15.4 Å². The van der Waals surface area contributed by atoms with Gasteiger partial charge in [-0.1, -0.05) is 39.0 Å². The van der Waals surface area contributed by atoms with E-state index < -0.39 is 5.41 Å². The largest absolute Gasteiger partial charge is 0.496 e. The van der Waals surface area contributed by atoms with Crippen molar-refractivity contribution in [3.63, 3.8) is 0 Å². The molecule has 0 atom stereocenters. The van der Waals surface area contributed by atoms with Gasteiger partial charge in [0.1, 0.15) is 11.6 Å². The van der Waals surface area contributed by atoms with E-state index in [0.29, 0.717) is 18.2 Å². The van der Waals surface area contributed by atoms with Crippen molar-refractivity contribution in [1.29, 1.82) is 0 Å². The van der Waals surface area contributed by atoms with E-state index in [-0.39, 0.29) is 5.91 Å². The minimum atomic E-state index is -0.470. The van der Waals surface area contributed by atoms with Crippen molar-refractivity contribution in [1.82, 2.24) is 10.2 Å². The first-order valence-electron chi connectivity index (χ1n) is 7.41. The molecule has 1 aromatic carbocycles. The third kappa shape index (κ3) is 4.67. The molecule has 0 spiro atoms. The van der Waals surface area contributed by atoms with Crippen LogP contribution in [0.25, 0.3) is 0 Å². The second-order valence-electron chi connectivity index (χ2n) is 6.17. The summed E-state index contributed by atoms with van der Waals surface area (Å²) in [6.45, 7) is 6.11. The lowest BCUT2D eigenvalue weighted by Gasteiger charge is -2.16. The Morgan fingerprint density at radius 2 is 1.74 bits per heavy atom. The van der Waals surface area contributed by atoms with Gasteiger partial charge in [-0.3, -0.25) is 4.79 Å². The van der Waals surface area contributed by atoms with Crippen molar-refractivity contribution >= 4 is 17.5 Å². The van der Waals surface area contributed by atoms with Crippen LogP contribution in [0.4, 0.5) is 11.6 Å². The zero-order chi connectivity index (χ0) is 16.9. The maximum Gasteiger partial charge on any atom is 0.230 e. The number of hydrogen-bond donors (Lipinski definition) is 2. The van der Waals surface area contributed by atoms with Crippen molar-refractivity contribution in [3.8, 4) is 5.75 Å². The molecule has 2 aromatic rings. The van der Waals surface area contributed by atoms with Gasteiger partial charge in [0.2, 0.25) is 5.91 Å². The van der Waals surface area contributed by atoms with Gasteiger partial charge in [0.05, 0.1) is 7.11 Å². The number of anilines is 2. The normalized spacial score (nSPS) is 11.0. The van der Waals surface area contributed by atoms with Crippen LogP contribution in [0, 0.1) is 5.41 Å². The summed E-state index contributed by atoms with van der Waals surface area (Å²) in [4.78, 5) is 11.9. The van der Waals surface area contributed by atoms with E-state index in [1.54, 1.807) is 19.2 Å². The number of amides is 1. The smallest absolute Gasteiger partial charge is 0.230 e. The highest BCUT2D eigenvalue weighted by molar-refractivity contribution is 5.93. The van der Waals surface area contributed by atoms with Crippen molar-refractivity contribution in [2.45, 2.75) is 27.3 Å². The molecule has 0 fully saturated rings. The molecule has 6 heteroatoms. The van der Waals surface area contributed by atoms with E-state index in [0.717, 1.165) is 11.3 Å². The highest BCUT2D eigenvalue weighted by Crippen LogP contribution is 2.19. The van der Waals surface area contributed by atoms with Gasteiger partial charge in [-0.05, 0) is 18.2 Å². The maximum absolute atomic E-state index is 11.9. The Morgan fingerprint density at radius 1 is 1.09 bits per heavy atom. The number of benzene rings is 1. The van der Waals surface area contributed by atoms with Crippen LogP contribution in [0.15, 0.2) is 36.4 Å². The quantitative estimate of drug-likeness (QED) is 0.887. The summed E-state index contributed by atoms with van der Waals surface area (Å²) in [6.07, 6.45) is 0. The summed E-state index contributed by atoms with van der Waals surface area (Å²) >= 11 is 0. The van der Waals surface area contributed by atoms with Gasteiger partial charge in [-0.15, -0.1) is 10.2 Å². The molecule has 1 heterocycles. The molecule has 0 aliphatic rings. The number of para-hydroxylation sites is 1. The topological polar surface area (TPSA) is 76.1 Å². The van der Waals surface area contributed by atoms with E-state index in [4.69, 9.17) is 4.74 Å². The predicted octanol–water partition coefficient (Wildman–Crippen LogP) is 3.08. The summed E-state index contributed by atoms with van der Waals surface area (Å²) < 4.78 is 5.30.